The molecule has 1 aromatic carbocycles. The molecule has 2 aliphatic heterocycles. The molecule has 2 saturated heterocycles. The Morgan fingerprint density at radius 3 is 2.32 bits per heavy atom. The van der Waals surface area contributed by atoms with Gasteiger partial charge in [-0.1, -0.05) is 0 Å². The van der Waals surface area contributed by atoms with Gasteiger partial charge in [0.05, 0.1) is 0 Å². The number of carbonyl (C=O) groups is 2. The molecule has 2 aromatic rings. The SMILES string of the molecule is O=CN1CCN(c2cc(C(=O)Nc3ccc(N4CCCC4)cc3)ncn2)CC1. The van der Waals surface area contributed by atoms with Gasteiger partial charge in [0, 0.05) is 56.7 Å². The van der Waals surface area contributed by atoms with Crippen LogP contribution in [0.25, 0.3) is 0 Å². The van der Waals surface area contributed by atoms with Gasteiger partial charge >= 0.3 is 0 Å². The van der Waals surface area contributed by atoms with E-state index >= 15 is 0 Å². The fourth-order valence-corrected chi connectivity index (χ4v) is 3.63. The number of carbonyl (C=O) groups excluding carboxylic acids is 2. The third kappa shape index (κ3) is 4.05. The number of hydrogen-bond acceptors (Lipinski definition) is 6. The number of aromatic nitrogens is 2. The van der Waals surface area contributed by atoms with Gasteiger partial charge in [0.15, 0.2) is 0 Å². The lowest BCUT2D eigenvalue weighted by Gasteiger charge is -2.33. The van der Waals surface area contributed by atoms with Crippen LogP contribution in [0.1, 0.15) is 23.3 Å². The molecule has 1 N–H and O–H groups in total. The lowest BCUT2D eigenvalue weighted by Crippen LogP contribution is -2.46. The number of rotatable bonds is 5. The van der Waals surface area contributed by atoms with Gasteiger partial charge in [-0.2, -0.15) is 0 Å². The summed E-state index contributed by atoms with van der Waals surface area (Å²) >= 11 is 0. The van der Waals surface area contributed by atoms with E-state index in [1.807, 2.05) is 24.3 Å². The fraction of sp³-hybridized carbons (Fsp3) is 0.400. The van der Waals surface area contributed by atoms with Crippen molar-refractivity contribution in [2.45, 2.75) is 12.8 Å². The van der Waals surface area contributed by atoms with Gasteiger partial charge in [0.2, 0.25) is 6.41 Å². The molecule has 2 aliphatic rings. The van der Waals surface area contributed by atoms with Crippen molar-refractivity contribution in [1.82, 2.24) is 14.9 Å². The van der Waals surface area contributed by atoms with E-state index in [0.29, 0.717) is 37.7 Å². The average molecular weight is 380 g/mol. The minimum absolute atomic E-state index is 0.260. The highest BCUT2D eigenvalue weighted by molar-refractivity contribution is 6.03. The van der Waals surface area contributed by atoms with Crippen LogP contribution in [0, 0.1) is 0 Å². The smallest absolute Gasteiger partial charge is 0.274 e. The zero-order valence-electron chi connectivity index (χ0n) is 15.8. The topological polar surface area (TPSA) is 81.7 Å². The third-order valence-corrected chi connectivity index (χ3v) is 5.27. The molecule has 3 heterocycles. The van der Waals surface area contributed by atoms with Gasteiger partial charge in [0.25, 0.3) is 5.91 Å². The second-order valence-electron chi connectivity index (χ2n) is 7.09. The van der Waals surface area contributed by atoms with Crippen LogP contribution in [0.2, 0.25) is 0 Å². The van der Waals surface area contributed by atoms with E-state index in [9.17, 15) is 9.59 Å². The van der Waals surface area contributed by atoms with Crippen LogP contribution >= 0.6 is 0 Å². The molecule has 0 bridgehead atoms. The molecule has 2 fully saturated rings. The largest absolute Gasteiger partial charge is 0.372 e. The fourth-order valence-electron chi connectivity index (χ4n) is 3.63. The Bertz CT molecular complexity index is 827. The van der Waals surface area contributed by atoms with E-state index in [1.165, 1.54) is 24.9 Å². The predicted octanol–water partition coefficient (Wildman–Crippen LogP) is 1.61. The highest BCUT2D eigenvalue weighted by atomic mass is 16.2. The van der Waals surface area contributed by atoms with E-state index in [-0.39, 0.29) is 5.91 Å². The Morgan fingerprint density at radius 1 is 0.929 bits per heavy atom. The summed E-state index contributed by atoms with van der Waals surface area (Å²) in [5.41, 5.74) is 2.26. The van der Waals surface area contributed by atoms with Crippen molar-refractivity contribution >= 4 is 29.5 Å². The summed E-state index contributed by atoms with van der Waals surface area (Å²) in [6, 6.07) is 9.63. The van der Waals surface area contributed by atoms with E-state index in [0.717, 1.165) is 25.2 Å². The number of benzene rings is 1. The summed E-state index contributed by atoms with van der Waals surface area (Å²) in [7, 11) is 0. The molecule has 0 atom stereocenters. The number of nitrogens with one attached hydrogen (secondary N) is 1. The molecule has 8 nitrogen and oxygen atoms in total. The minimum Gasteiger partial charge on any atom is -0.372 e. The second-order valence-corrected chi connectivity index (χ2v) is 7.09. The van der Waals surface area contributed by atoms with E-state index in [4.69, 9.17) is 0 Å². The Hall–Kier alpha value is -3.16. The molecule has 0 aliphatic carbocycles. The van der Waals surface area contributed by atoms with E-state index < -0.39 is 0 Å². The van der Waals surface area contributed by atoms with Crippen molar-refractivity contribution in [2.75, 3.05) is 54.4 Å². The molecular formula is C20H24N6O2. The van der Waals surface area contributed by atoms with Crippen LogP contribution in [-0.4, -0.2) is 66.5 Å². The van der Waals surface area contributed by atoms with Gasteiger partial charge in [-0.25, -0.2) is 9.97 Å². The first-order valence-electron chi connectivity index (χ1n) is 9.65. The third-order valence-electron chi connectivity index (χ3n) is 5.27. The monoisotopic (exact) mass is 380 g/mol. The molecule has 2 amide bonds. The summed E-state index contributed by atoms with van der Waals surface area (Å²) in [6.45, 7) is 4.87. The normalized spacial score (nSPS) is 16.9. The van der Waals surface area contributed by atoms with Gasteiger partial charge in [-0.3, -0.25) is 9.59 Å². The highest BCUT2D eigenvalue weighted by Crippen LogP contribution is 2.22. The van der Waals surface area contributed by atoms with E-state index in [2.05, 4.69) is 25.1 Å². The maximum atomic E-state index is 12.6. The first-order valence-corrected chi connectivity index (χ1v) is 9.65. The van der Waals surface area contributed by atoms with Gasteiger partial charge in [0.1, 0.15) is 17.8 Å². The van der Waals surface area contributed by atoms with E-state index in [1.54, 1.807) is 11.0 Å². The van der Waals surface area contributed by atoms with Gasteiger partial charge in [-0.05, 0) is 37.1 Å². The Balaban J connectivity index is 1.40. The Kier molecular flexibility index (Phi) is 5.36. The second kappa shape index (κ2) is 8.24. The molecule has 0 saturated carbocycles. The first-order chi connectivity index (χ1) is 13.7. The molecule has 146 valence electrons. The van der Waals surface area contributed by atoms with Crippen molar-refractivity contribution in [3.63, 3.8) is 0 Å². The minimum atomic E-state index is -0.260. The van der Waals surface area contributed by atoms with Crippen molar-refractivity contribution in [3.05, 3.63) is 42.4 Å². The average Bonchev–Trinajstić information content (AvgIpc) is 3.29. The molecule has 1 aromatic heterocycles. The zero-order valence-corrected chi connectivity index (χ0v) is 15.8. The van der Waals surface area contributed by atoms with Crippen molar-refractivity contribution < 1.29 is 9.59 Å². The maximum absolute atomic E-state index is 12.6. The Morgan fingerprint density at radius 2 is 1.64 bits per heavy atom. The van der Waals surface area contributed by atoms with Crippen LogP contribution in [0.4, 0.5) is 17.2 Å². The number of amides is 2. The number of anilines is 3. The standard InChI is InChI=1S/C20H24N6O2/c27-15-24-9-11-26(12-10-24)19-13-18(21-14-22-19)20(28)23-16-3-5-17(6-4-16)25-7-1-2-8-25/h3-6,13-15H,1-2,7-12H2,(H,23,28). The van der Waals surface area contributed by atoms with Crippen LogP contribution in [0.5, 0.6) is 0 Å². The number of piperazine rings is 1. The number of nitrogens with zero attached hydrogens (tertiary/aromatic N) is 5. The van der Waals surface area contributed by atoms with Gasteiger partial charge in [-0.15, -0.1) is 0 Å². The first kappa shape index (κ1) is 18.2. The Labute approximate surface area is 164 Å². The quantitative estimate of drug-likeness (QED) is 0.794. The maximum Gasteiger partial charge on any atom is 0.274 e. The van der Waals surface area contributed by atoms with Crippen LogP contribution in [0.3, 0.4) is 0 Å². The van der Waals surface area contributed by atoms with Crippen molar-refractivity contribution in [3.8, 4) is 0 Å². The van der Waals surface area contributed by atoms with Crippen molar-refractivity contribution in [2.24, 2.45) is 0 Å². The molecular weight excluding hydrogens is 356 g/mol. The summed E-state index contributed by atoms with van der Waals surface area (Å²) < 4.78 is 0. The van der Waals surface area contributed by atoms with Crippen molar-refractivity contribution in [1.29, 1.82) is 0 Å². The molecule has 8 heteroatoms. The van der Waals surface area contributed by atoms with Gasteiger partial charge < -0.3 is 20.0 Å². The highest BCUT2D eigenvalue weighted by Gasteiger charge is 2.19. The summed E-state index contributed by atoms with van der Waals surface area (Å²) in [5.74, 6) is 0.444. The molecule has 28 heavy (non-hydrogen) atoms. The molecule has 0 spiro atoms. The zero-order chi connectivity index (χ0) is 19.3. The lowest BCUT2D eigenvalue weighted by atomic mass is 10.2. The van der Waals surface area contributed by atoms with Crippen LogP contribution in [-0.2, 0) is 4.79 Å². The predicted molar refractivity (Wildman–Crippen MR) is 108 cm³/mol. The molecule has 0 unspecified atom stereocenters. The summed E-state index contributed by atoms with van der Waals surface area (Å²) in [4.78, 5) is 38.0. The van der Waals surface area contributed by atoms with Crippen LogP contribution in [0.15, 0.2) is 36.7 Å². The lowest BCUT2D eigenvalue weighted by molar-refractivity contribution is -0.118. The number of hydrogen-bond donors (Lipinski definition) is 1. The summed E-state index contributed by atoms with van der Waals surface area (Å²) in [6.07, 6.45) is 4.75. The van der Waals surface area contributed by atoms with Crippen LogP contribution < -0.4 is 15.1 Å². The summed E-state index contributed by atoms with van der Waals surface area (Å²) in [5, 5.41) is 2.90. The molecule has 4 rings (SSSR count). The molecule has 0 radical (unpaired) electrons.